The molecule has 6 nitrogen and oxygen atoms in total. The highest BCUT2D eigenvalue weighted by Gasteiger charge is 2.27. The number of ether oxygens (including phenoxy) is 1. The molecule has 2 amide bonds. The van der Waals surface area contributed by atoms with Crippen LogP contribution in [0.25, 0.3) is 0 Å². The Kier molecular flexibility index (Phi) is 5.46. The lowest BCUT2D eigenvalue weighted by molar-refractivity contribution is -0.117. The summed E-state index contributed by atoms with van der Waals surface area (Å²) < 4.78 is 6.53. The minimum Gasteiger partial charge on any atom is -0.492 e. The van der Waals surface area contributed by atoms with Gasteiger partial charge in [0.2, 0.25) is 5.91 Å². The van der Waals surface area contributed by atoms with Crippen molar-refractivity contribution in [2.24, 2.45) is 0 Å². The lowest BCUT2D eigenvalue weighted by Crippen LogP contribution is -2.44. The Labute approximate surface area is 160 Å². The molecule has 1 aliphatic heterocycles. The van der Waals surface area contributed by atoms with Crippen LogP contribution in [0, 0.1) is 0 Å². The Morgan fingerprint density at radius 1 is 1.31 bits per heavy atom. The molecule has 1 heterocycles. The second kappa shape index (κ2) is 7.78. The minimum absolute atomic E-state index is 0.0834. The van der Waals surface area contributed by atoms with Crippen molar-refractivity contribution in [2.75, 3.05) is 30.4 Å². The quantitative estimate of drug-likeness (QED) is 0.733. The van der Waals surface area contributed by atoms with Crippen molar-refractivity contribution in [3.05, 3.63) is 52.5 Å². The molecule has 0 bridgehead atoms. The topological polar surface area (TPSA) is 70.7 Å². The average molecular weight is 418 g/mol. The zero-order chi connectivity index (χ0) is 18.7. The first kappa shape index (κ1) is 18.3. The van der Waals surface area contributed by atoms with E-state index in [4.69, 9.17) is 4.74 Å². The van der Waals surface area contributed by atoms with E-state index >= 15 is 0 Å². The van der Waals surface area contributed by atoms with Crippen molar-refractivity contribution in [3.63, 3.8) is 0 Å². The smallest absolute Gasteiger partial charge is 0.251 e. The summed E-state index contributed by atoms with van der Waals surface area (Å²) in [7, 11) is 1.86. The fourth-order valence-corrected chi connectivity index (χ4v) is 3.08. The molecule has 26 heavy (non-hydrogen) atoms. The van der Waals surface area contributed by atoms with Gasteiger partial charge in [-0.05, 0) is 43.3 Å². The van der Waals surface area contributed by atoms with Gasteiger partial charge in [0.1, 0.15) is 18.4 Å². The lowest BCUT2D eigenvalue weighted by atomic mass is 10.1. The van der Waals surface area contributed by atoms with E-state index in [2.05, 4.69) is 26.6 Å². The van der Waals surface area contributed by atoms with Gasteiger partial charge in [0.05, 0.1) is 17.9 Å². The first-order chi connectivity index (χ1) is 12.5. The standard InChI is InChI=1S/C19H20BrN3O3/c1-12-18(24)22-16-10-13(6-7-17(16)23(12)2)19(25)21-8-9-26-15-5-3-4-14(20)11-15/h3-7,10-12H,8-9H2,1-2H3,(H,21,25)(H,22,24)/t12-/m1/s1. The third kappa shape index (κ3) is 3.99. The number of rotatable bonds is 5. The number of nitrogens with one attached hydrogen (secondary N) is 2. The van der Waals surface area contributed by atoms with E-state index in [0.717, 1.165) is 15.9 Å². The molecule has 0 radical (unpaired) electrons. The molecule has 0 saturated heterocycles. The van der Waals surface area contributed by atoms with Gasteiger partial charge in [-0.25, -0.2) is 0 Å². The van der Waals surface area contributed by atoms with E-state index in [1.54, 1.807) is 12.1 Å². The van der Waals surface area contributed by atoms with Crippen molar-refractivity contribution in [2.45, 2.75) is 13.0 Å². The van der Waals surface area contributed by atoms with E-state index in [9.17, 15) is 9.59 Å². The monoisotopic (exact) mass is 417 g/mol. The third-order valence-corrected chi connectivity index (χ3v) is 4.80. The first-order valence-electron chi connectivity index (χ1n) is 8.30. The molecule has 1 atom stereocenters. The van der Waals surface area contributed by atoms with Gasteiger partial charge >= 0.3 is 0 Å². The largest absolute Gasteiger partial charge is 0.492 e. The lowest BCUT2D eigenvalue weighted by Gasteiger charge is -2.33. The van der Waals surface area contributed by atoms with Gasteiger partial charge in [0, 0.05) is 17.1 Å². The van der Waals surface area contributed by atoms with Crippen molar-refractivity contribution >= 4 is 39.1 Å². The van der Waals surface area contributed by atoms with E-state index in [-0.39, 0.29) is 17.9 Å². The van der Waals surface area contributed by atoms with E-state index in [0.29, 0.717) is 24.4 Å². The van der Waals surface area contributed by atoms with Crippen LogP contribution >= 0.6 is 15.9 Å². The van der Waals surface area contributed by atoms with Crippen molar-refractivity contribution < 1.29 is 14.3 Å². The normalized spacial score (nSPS) is 15.9. The Balaban J connectivity index is 1.57. The van der Waals surface area contributed by atoms with E-state index in [1.807, 2.05) is 49.2 Å². The van der Waals surface area contributed by atoms with Crippen LogP contribution in [0.1, 0.15) is 17.3 Å². The third-order valence-electron chi connectivity index (χ3n) is 4.31. The molecule has 2 N–H and O–H groups in total. The molecular weight excluding hydrogens is 398 g/mol. The first-order valence-corrected chi connectivity index (χ1v) is 9.09. The zero-order valence-electron chi connectivity index (χ0n) is 14.6. The van der Waals surface area contributed by atoms with E-state index < -0.39 is 0 Å². The summed E-state index contributed by atoms with van der Waals surface area (Å²) in [5.41, 5.74) is 2.04. The number of carbonyl (C=O) groups excluding carboxylic acids is 2. The summed E-state index contributed by atoms with van der Waals surface area (Å²) in [6, 6.07) is 12.6. The summed E-state index contributed by atoms with van der Waals surface area (Å²) in [5.74, 6) is 0.448. The highest BCUT2D eigenvalue weighted by molar-refractivity contribution is 9.10. The molecule has 3 rings (SSSR count). The van der Waals surface area contributed by atoms with Crippen LogP contribution in [-0.2, 0) is 4.79 Å². The van der Waals surface area contributed by atoms with Gasteiger partial charge in [-0.2, -0.15) is 0 Å². The van der Waals surface area contributed by atoms with E-state index in [1.165, 1.54) is 0 Å². The van der Waals surface area contributed by atoms with Gasteiger partial charge in [0.25, 0.3) is 5.91 Å². The number of hydrogen-bond acceptors (Lipinski definition) is 4. The number of halogens is 1. The maximum absolute atomic E-state index is 12.3. The van der Waals surface area contributed by atoms with Crippen LogP contribution in [0.3, 0.4) is 0 Å². The van der Waals surface area contributed by atoms with Gasteiger partial charge in [-0.15, -0.1) is 0 Å². The molecule has 0 aliphatic carbocycles. The maximum Gasteiger partial charge on any atom is 0.251 e. The van der Waals surface area contributed by atoms with Crippen LogP contribution in [0.5, 0.6) is 5.75 Å². The molecule has 0 spiro atoms. The number of nitrogens with zero attached hydrogens (tertiary/aromatic N) is 1. The molecule has 0 aromatic heterocycles. The number of carbonyl (C=O) groups is 2. The SMILES string of the molecule is C[C@@H]1C(=O)Nc2cc(C(=O)NCCOc3cccc(Br)c3)ccc2N1C. The number of fused-ring (bicyclic) bond motifs is 1. The Bertz CT molecular complexity index is 841. The predicted octanol–water partition coefficient (Wildman–Crippen LogP) is 3.03. The van der Waals surface area contributed by atoms with Crippen molar-refractivity contribution in [1.82, 2.24) is 5.32 Å². The number of amides is 2. The molecule has 2 aromatic rings. The molecular formula is C19H20BrN3O3. The Hall–Kier alpha value is -2.54. The Morgan fingerprint density at radius 2 is 2.12 bits per heavy atom. The van der Waals surface area contributed by atoms with Gasteiger partial charge < -0.3 is 20.3 Å². The molecule has 0 unspecified atom stereocenters. The molecule has 0 fully saturated rings. The number of likely N-dealkylation sites (N-methyl/N-ethyl adjacent to an activating group) is 1. The van der Waals surface area contributed by atoms with Gasteiger partial charge in [0.15, 0.2) is 0 Å². The molecule has 2 aromatic carbocycles. The van der Waals surface area contributed by atoms with Crippen molar-refractivity contribution in [1.29, 1.82) is 0 Å². The van der Waals surface area contributed by atoms with Crippen LogP contribution in [-0.4, -0.2) is 38.1 Å². The Morgan fingerprint density at radius 3 is 2.88 bits per heavy atom. The minimum atomic E-state index is -0.239. The summed E-state index contributed by atoms with van der Waals surface area (Å²) >= 11 is 3.38. The molecule has 7 heteroatoms. The zero-order valence-corrected chi connectivity index (χ0v) is 16.2. The second-order valence-corrected chi connectivity index (χ2v) is 6.99. The highest BCUT2D eigenvalue weighted by atomic mass is 79.9. The van der Waals surface area contributed by atoms with Gasteiger partial charge in [-0.3, -0.25) is 9.59 Å². The second-order valence-electron chi connectivity index (χ2n) is 6.07. The summed E-state index contributed by atoms with van der Waals surface area (Å²) in [4.78, 5) is 26.2. The molecule has 1 aliphatic rings. The summed E-state index contributed by atoms with van der Waals surface area (Å²) in [5, 5.41) is 5.66. The molecule has 0 saturated carbocycles. The fraction of sp³-hybridized carbons (Fsp3) is 0.263. The number of anilines is 2. The van der Waals surface area contributed by atoms with Crippen LogP contribution in [0.15, 0.2) is 46.9 Å². The number of benzene rings is 2. The predicted molar refractivity (Wildman–Crippen MR) is 105 cm³/mol. The van der Waals surface area contributed by atoms with Crippen LogP contribution in [0.4, 0.5) is 11.4 Å². The maximum atomic E-state index is 12.3. The van der Waals surface area contributed by atoms with Crippen LogP contribution < -0.4 is 20.3 Å². The fourth-order valence-electron chi connectivity index (χ4n) is 2.70. The average Bonchev–Trinajstić information content (AvgIpc) is 2.63. The number of hydrogen-bond donors (Lipinski definition) is 2. The molecule has 136 valence electrons. The highest BCUT2D eigenvalue weighted by Crippen LogP contribution is 2.31. The van der Waals surface area contributed by atoms with Gasteiger partial charge in [-0.1, -0.05) is 22.0 Å². The van der Waals surface area contributed by atoms with Crippen molar-refractivity contribution in [3.8, 4) is 5.75 Å². The van der Waals surface area contributed by atoms with Crippen LogP contribution in [0.2, 0.25) is 0 Å². The summed E-state index contributed by atoms with van der Waals surface area (Å²) in [6.07, 6.45) is 0. The summed E-state index contributed by atoms with van der Waals surface area (Å²) in [6.45, 7) is 2.58.